The van der Waals surface area contributed by atoms with Crippen molar-refractivity contribution in [3.63, 3.8) is 0 Å². The quantitative estimate of drug-likeness (QED) is 0.887. The summed E-state index contributed by atoms with van der Waals surface area (Å²) in [5, 5.41) is 10.4. The molecule has 1 fully saturated rings. The number of anilines is 1. The fourth-order valence-corrected chi connectivity index (χ4v) is 3.32. The molecule has 2 aromatic rings. The fourth-order valence-electron chi connectivity index (χ4n) is 3.32. The topological polar surface area (TPSA) is 23.5 Å². The van der Waals surface area contributed by atoms with Gasteiger partial charge in [0.05, 0.1) is 6.10 Å². The van der Waals surface area contributed by atoms with Gasteiger partial charge in [0.2, 0.25) is 0 Å². The molecular weight excluding hydrogens is 270 g/mol. The molecule has 1 aliphatic rings. The van der Waals surface area contributed by atoms with Crippen molar-refractivity contribution in [3.8, 4) is 0 Å². The lowest BCUT2D eigenvalue weighted by molar-refractivity contribution is 0.168. The van der Waals surface area contributed by atoms with Crippen molar-refractivity contribution < 1.29 is 5.11 Å². The highest BCUT2D eigenvalue weighted by molar-refractivity contribution is 5.49. The summed E-state index contributed by atoms with van der Waals surface area (Å²) in [5.41, 5.74) is 3.58. The maximum absolute atomic E-state index is 10.4. The van der Waals surface area contributed by atoms with Crippen molar-refractivity contribution in [2.75, 3.05) is 11.4 Å². The maximum Gasteiger partial charge on any atom is 0.0793 e. The molecule has 0 amide bonds. The summed E-state index contributed by atoms with van der Waals surface area (Å²) in [5.74, 6) is 0. The van der Waals surface area contributed by atoms with E-state index in [0.29, 0.717) is 6.04 Å². The normalized spacial score (nSPS) is 19.4. The highest BCUT2D eigenvalue weighted by atomic mass is 16.3. The summed E-state index contributed by atoms with van der Waals surface area (Å²) in [7, 11) is 0. The van der Waals surface area contributed by atoms with Crippen LogP contribution in [0.5, 0.6) is 0 Å². The lowest BCUT2D eigenvalue weighted by atomic mass is 10.0. The Labute approximate surface area is 133 Å². The Bertz CT molecular complexity index is 578. The van der Waals surface area contributed by atoms with Crippen LogP contribution in [0.25, 0.3) is 0 Å². The smallest absolute Gasteiger partial charge is 0.0793 e. The summed E-state index contributed by atoms with van der Waals surface area (Å²) in [6.45, 7) is 3.44. The predicted octanol–water partition coefficient (Wildman–Crippen LogP) is 4.34. The Hall–Kier alpha value is -1.80. The van der Waals surface area contributed by atoms with E-state index in [0.717, 1.165) is 24.9 Å². The number of hydrogen-bond acceptors (Lipinski definition) is 2. The van der Waals surface area contributed by atoms with E-state index in [9.17, 15) is 5.11 Å². The molecule has 2 unspecified atom stereocenters. The highest BCUT2D eigenvalue weighted by Gasteiger charge is 2.20. The number of nitrogens with zero attached hydrogens (tertiary/aromatic N) is 1. The van der Waals surface area contributed by atoms with Gasteiger partial charge in [0, 0.05) is 18.3 Å². The zero-order valence-corrected chi connectivity index (χ0v) is 13.3. The molecular formula is C20H25NO. The van der Waals surface area contributed by atoms with Gasteiger partial charge in [-0.25, -0.2) is 0 Å². The average Bonchev–Trinajstić information content (AvgIpc) is 3.00. The standard InChI is InChI=1S/C20H25NO/c1-16-6-5-15-21(16)19-12-10-18(11-13-19)20(22)14-9-17-7-3-2-4-8-17/h2-4,7-8,10-13,16,20,22H,5-6,9,14-15H2,1H3. The van der Waals surface area contributed by atoms with Gasteiger partial charge in [0.25, 0.3) is 0 Å². The van der Waals surface area contributed by atoms with E-state index < -0.39 is 0 Å². The van der Waals surface area contributed by atoms with Gasteiger partial charge < -0.3 is 10.0 Å². The molecule has 0 aliphatic carbocycles. The Balaban J connectivity index is 1.60. The molecule has 0 bridgehead atoms. The van der Waals surface area contributed by atoms with Gasteiger partial charge in [-0.3, -0.25) is 0 Å². The molecule has 116 valence electrons. The van der Waals surface area contributed by atoms with Crippen molar-refractivity contribution >= 4 is 5.69 Å². The zero-order valence-electron chi connectivity index (χ0n) is 13.3. The Morgan fingerprint density at radius 2 is 1.82 bits per heavy atom. The monoisotopic (exact) mass is 295 g/mol. The molecule has 2 nitrogen and oxygen atoms in total. The summed E-state index contributed by atoms with van der Waals surface area (Å²) in [6, 6.07) is 19.5. The molecule has 2 aromatic carbocycles. The van der Waals surface area contributed by atoms with E-state index in [1.807, 2.05) is 18.2 Å². The van der Waals surface area contributed by atoms with Crippen LogP contribution in [-0.2, 0) is 6.42 Å². The summed E-state index contributed by atoms with van der Waals surface area (Å²) in [4.78, 5) is 2.46. The van der Waals surface area contributed by atoms with Crippen LogP contribution in [0.3, 0.4) is 0 Å². The van der Waals surface area contributed by atoms with E-state index in [-0.39, 0.29) is 6.10 Å². The lowest BCUT2D eigenvalue weighted by Gasteiger charge is -2.24. The Morgan fingerprint density at radius 3 is 2.45 bits per heavy atom. The molecule has 2 heteroatoms. The van der Waals surface area contributed by atoms with Crippen LogP contribution in [0.15, 0.2) is 54.6 Å². The maximum atomic E-state index is 10.4. The van der Waals surface area contributed by atoms with Gasteiger partial charge in [0.15, 0.2) is 0 Å². The first kappa shape index (κ1) is 15.1. The highest BCUT2D eigenvalue weighted by Crippen LogP contribution is 2.27. The molecule has 0 radical (unpaired) electrons. The van der Waals surface area contributed by atoms with Crippen LogP contribution in [0.1, 0.15) is 43.4 Å². The van der Waals surface area contributed by atoms with Crippen molar-refractivity contribution in [3.05, 3.63) is 65.7 Å². The average molecular weight is 295 g/mol. The van der Waals surface area contributed by atoms with Gasteiger partial charge in [-0.05, 0) is 55.9 Å². The third kappa shape index (κ3) is 3.50. The summed E-state index contributed by atoms with van der Waals surface area (Å²) >= 11 is 0. The van der Waals surface area contributed by atoms with Crippen molar-refractivity contribution in [2.45, 2.75) is 44.8 Å². The summed E-state index contributed by atoms with van der Waals surface area (Å²) in [6.07, 6.45) is 3.85. The third-order valence-electron chi connectivity index (χ3n) is 4.71. The number of aryl methyl sites for hydroxylation is 1. The first-order valence-corrected chi connectivity index (χ1v) is 8.32. The van der Waals surface area contributed by atoms with Crippen LogP contribution in [0.4, 0.5) is 5.69 Å². The van der Waals surface area contributed by atoms with Crippen LogP contribution >= 0.6 is 0 Å². The van der Waals surface area contributed by atoms with Crippen molar-refractivity contribution in [1.82, 2.24) is 0 Å². The molecule has 2 atom stereocenters. The molecule has 1 N–H and O–H groups in total. The number of rotatable bonds is 5. The first-order valence-electron chi connectivity index (χ1n) is 8.32. The van der Waals surface area contributed by atoms with E-state index in [1.54, 1.807) is 0 Å². The minimum Gasteiger partial charge on any atom is -0.388 e. The van der Waals surface area contributed by atoms with Gasteiger partial charge in [0.1, 0.15) is 0 Å². The van der Waals surface area contributed by atoms with Crippen LogP contribution in [0, 0.1) is 0 Å². The molecule has 0 aromatic heterocycles. The van der Waals surface area contributed by atoms with Crippen LogP contribution < -0.4 is 4.90 Å². The molecule has 3 rings (SSSR count). The number of aliphatic hydroxyl groups is 1. The third-order valence-corrected chi connectivity index (χ3v) is 4.71. The molecule has 1 saturated heterocycles. The summed E-state index contributed by atoms with van der Waals surface area (Å²) < 4.78 is 0. The lowest BCUT2D eigenvalue weighted by Crippen LogP contribution is -2.26. The SMILES string of the molecule is CC1CCCN1c1ccc(C(O)CCc2ccccc2)cc1. The largest absolute Gasteiger partial charge is 0.388 e. The van der Waals surface area contributed by atoms with Gasteiger partial charge in [-0.2, -0.15) is 0 Å². The Kier molecular flexibility index (Phi) is 4.79. The molecule has 1 heterocycles. The molecule has 0 spiro atoms. The van der Waals surface area contributed by atoms with E-state index in [2.05, 4.69) is 48.2 Å². The molecule has 0 saturated carbocycles. The van der Waals surface area contributed by atoms with E-state index >= 15 is 0 Å². The van der Waals surface area contributed by atoms with Crippen LogP contribution in [0.2, 0.25) is 0 Å². The second kappa shape index (κ2) is 6.97. The van der Waals surface area contributed by atoms with Crippen molar-refractivity contribution in [2.24, 2.45) is 0 Å². The zero-order chi connectivity index (χ0) is 15.4. The number of aliphatic hydroxyl groups excluding tert-OH is 1. The Morgan fingerprint density at radius 1 is 1.09 bits per heavy atom. The van der Waals surface area contributed by atoms with Crippen LogP contribution in [-0.4, -0.2) is 17.7 Å². The van der Waals surface area contributed by atoms with Crippen molar-refractivity contribution in [1.29, 1.82) is 0 Å². The minimum atomic E-state index is -0.384. The van der Waals surface area contributed by atoms with Gasteiger partial charge in [-0.15, -0.1) is 0 Å². The first-order chi connectivity index (χ1) is 10.7. The predicted molar refractivity (Wildman–Crippen MR) is 92.2 cm³/mol. The minimum absolute atomic E-state index is 0.384. The molecule has 22 heavy (non-hydrogen) atoms. The second-order valence-corrected chi connectivity index (χ2v) is 6.32. The molecule has 1 aliphatic heterocycles. The van der Waals surface area contributed by atoms with E-state index in [1.165, 1.54) is 24.1 Å². The van der Waals surface area contributed by atoms with E-state index in [4.69, 9.17) is 0 Å². The van der Waals surface area contributed by atoms with Gasteiger partial charge >= 0.3 is 0 Å². The number of hydrogen-bond donors (Lipinski definition) is 1. The second-order valence-electron chi connectivity index (χ2n) is 6.32. The van der Waals surface area contributed by atoms with Gasteiger partial charge in [-0.1, -0.05) is 42.5 Å². The number of benzene rings is 2. The fraction of sp³-hybridized carbons (Fsp3) is 0.400.